The maximum absolute atomic E-state index is 6.02. The highest BCUT2D eigenvalue weighted by Crippen LogP contribution is 2.50. The third-order valence-electron chi connectivity index (χ3n) is 22.9. The van der Waals surface area contributed by atoms with Crippen molar-refractivity contribution in [2.45, 2.75) is 262 Å². The van der Waals surface area contributed by atoms with Gasteiger partial charge in [0, 0.05) is 60.6 Å². The van der Waals surface area contributed by atoms with Gasteiger partial charge in [0.2, 0.25) is 0 Å². The summed E-state index contributed by atoms with van der Waals surface area (Å²) < 4.78 is 5.46. The number of hydrogen-bond acceptors (Lipinski definition) is 2. The lowest BCUT2D eigenvalue weighted by molar-refractivity contribution is 0.568. The van der Waals surface area contributed by atoms with Crippen LogP contribution in [0.2, 0.25) is 0 Å². The fourth-order valence-electron chi connectivity index (χ4n) is 16.3. The predicted octanol–water partition coefficient (Wildman–Crippen LogP) is 25.1. The molecule has 0 fully saturated rings. The average Bonchev–Trinajstić information content (AvgIpc) is 1.53. The zero-order valence-corrected chi connectivity index (χ0v) is 68.3. The minimum absolute atomic E-state index is 0.00587. The van der Waals surface area contributed by atoms with Gasteiger partial charge in [0.15, 0.2) is 5.82 Å². The zero-order valence-electron chi connectivity index (χ0n) is 68.3. The molecule has 0 aliphatic carbocycles. The van der Waals surface area contributed by atoms with Crippen LogP contribution in [0.3, 0.4) is 0 Å². The van der Waals surface area contributed by atoms with Gasteiger partial charge in [0.1, 0.15) is 0 Å². The molecule has 0 N–H and O–H groups in total. The average molecular weight is 1360 g/mol. The lowest BCUT2D eigenvalue weighted by atomic mass is 9.34. The number of fused-ring (bicyclic) bond motifs is 10. The summed E-state index contributed by atoms with van der Waals surface area (Å²) in [4.78, 5) is 12.0. The molecule has 0 radical (unpaired) electrons. The molecule has 0 saturated heterocycles. The fraction of sp³-hybridized carbons (Fsp3) is 0.408. The van der Waals surface area contributed by atoms with Crippen molar-refractivity contribution >= 4 is 66.7 Å². The summed E-state index contributed by atoms with van der Waals surface area (Å²) in [6.45, 7) is 70.7. The standard InChI is InChI=1S/C98H115BN4/c1-89(2,3)63-35-31-56(32-36-63)58-43-71-83-73(97(25,26)27)51-69(95(19,20)21)53-79(83)102-81-47-62(88-100-77(60-39-65(91(7,8)9)49-66(40-60)92(10,11)12)55-78(101-88)61-41-67(93(13,14)15)50-68(42-61)94(16,17)18)48-82-85(81)99(75(45-58)86(71)102)76-46-59(57-33-37-64(38-34-57)90(4,5)6)44-72-84-74(98(28,29)30)52-70(96(22,23)24)54-80(84)103(82)87(72)76/h31-55H,1-30H3. The molecule has 12 aromatic rings. The number of nitrogens with zero attached hydrogens (tertiary/aromatic N) is 4. The summed E-state index contributed by atoms with van der Waals surface area (Å²) in [6, 6.07) is 61.5. The van der Waals surface area contributed by atoms with Gasteiger partial charge in [-0.2, -0.15) is 0 Å². The Morgan fingerprint density at radius 3 is 0.845 bits per heavy atom. The van der Waals surface area contributed by atoms with Crippen LogP contribution in [0.15, 0.2) is 152 Å². The number of aromatic nitrogens is 4. The summed E-state index contributed by atoms with van der Waals surface area (Å²) in [6.07, 6.45) is 0. The minimum atomic E-state index is -0.213. The second-order valence-electron chi connectivity index (χ2n) is 41.5. The highest BCUT2D eigenvalue weighted by atomic mass is 15.0. The molecule has 2 aliphatic heterocycles. The molecule has 0 spiro atoms. The first-order valence-electron chi connectivity index (χ1n) is 38.3. The minimum Gasteiger partial charge on any atom is -0.310 e. The van der Waals surface area contributed by atoms with Gasteiger partial charge < -0.3 is 9.13 Å². The van der Waals surface area contributed by atoms with Gasteiger partial charge in [-0.3, -0.25) is 0 Å². The number of benzene rings is 9. The van der Waals surface area contributed by atoms with Crippen molar-refractivity contribution in [2.24, 2.45) is 0 Å². The highest BCUT2D eigenvalue weighted by Gasteiger charge is 2.44. The second-order valence-corrected chi connectivity index (χ2v) is 41.5. The molecule has 5 heteroatoms. The van der Waals surface area contributed by atoms with Gasteiger partial charge in [-0.05, 0) is 215 Å². The van der Waals surface area contributed by atoms with Crippen LogP contribution in [0.1, 0.15) is 263 Å². The lowest BCUT2D eigenvalue weighted by Crippen LogP contribution is -2.59. The van der Waals surface area contributed by atoms with Gasteiger partial charge in [0.25, 0.3) is 6.71 Å². The third kappa shape index (κ3) is 12.4. The Bertz CT molecular complexity index is 5090. The predicted molar refractivity (Wildman–Crippen MR) is 450 cm³/mol. The molecule has 3 aromatic heterocycles. The molecule has 0 saturated carbocycles. The Labute approximate surface area is 618 Å². The van der Waals surface area contributed by atoms with Gasteiger partial charge in [-0.25, -0.2) is 9.97 Å². The maximum atomic E-state index is 6.02. The van der Waals surface area contributed by atoms with Crippen LogP contribution in [0.25, 0.3) is 111 Å². The Morgan fingerprint density at radius 1 is 0.252 bits per heavy atom. The molecule has 5 heterocycles. The molecule has 4 nitrogen and oxygen atoms in total. The highest BCUT2D eigenvalue weighted by molar-refractivity contribution is 7.00. The Hall–Kier alpha value is -8.28. The molecule has 14 rings (SSSR count). The molecule has 0 amide bonds. The molecular weight excluding hydrogens is 1240 g/mol. The summed E-state index contributed by atoms with van der Waals surface area (Å²) in [5.41, 5.74) is 33.2. The second kappa shape index (κ2) is 23.1. The van der Waals surface area contributed by atoms with Crippen molar-refractivity contribution in [3.63, 3.8) is 0 Å². The first-order valence-corrected chi connectivity index (χ1v) is 38.3. The molecule has 103 heavy (non-hydrogen) atoms. The van der Waals surface area contributed by atoms with E-state index in [0.717, 1.165) is 28.1 Å². The third-order valence-corrected chi connectivity index (χ3v) is 22.9. The van der Waals surface area contributed by atoms with E-state index in [2.05, 4.69) is 369 Å². The fourth-order valence-corrected chi connectivity index (χ4v) is 16.3. The zero-order chi connectivity index (χ0) is 74.9. The topological polar surface area (TPSA) is 35.6 Å². The van der Waals surface area contributed by atoms with Crippen molar-refractivity contribution < 1.29 is 0 Å². The Balaban J connectivity index is 1.22. The number of hydrogen-bond donors (Lipinski definition) is 0. The summed E-state index contributed by atoms with van der Waals surface area (Å²) in [5, 5.41) is 5.21. The van der Waals surface area contributed by atoms with E-state index in [0.29, 0.717) is 5.82 Å². The van der Waals surface area contributed by atoms with Crippen molar-refractivity contribution in [1.82, 2.24) is 19.1 Å². The van der Waals surface area contributed by atoms with Gasteiger partial charge in [0.05, 0.1) is 22.4 Å². The van der Waals surface area contributed by atoms with E-state index in [1.54, 1.807) is 0 Å². The lowest BCUT2D eigenvalue weighted by Gasteiger charge is -2.35. The van der Waals surface area contributed by atoms with E-state index in [-0.39, 0.29) is 60.9 Å². The van der Waals surface area contributed by atoms with Crippen molar-refractivity contribution in [1.29, 1.82) is 0 Å². The van der Waals surface area contributed by atoms with Crippen LogP contribution < -0.4 is 16.4 Å². The van der Waals surface area contributed by atoms with Crippen LogP contribution in [0, 0.1) is 0 Å². The van der Waals surface area contributed by atoms with Crippen LogP contribution >= 0.6 is 0 Å². The molecule has 530 valence electrons. The first kappa shape index (κ1) is 71.7. The van der Waals surface area contributed by atoms with E-state index in [1.165, 1.54) is 149 Å². The monoisotopic (exact) mass is 1360 g/mol. The molecule has 0 unspecified atom stereocenters. The molecule has 0 bridgehead atoms. The van der Waals surface area contributed by atoms with Crippen molar-refractivity contribution in [3.8, 4) is 67.5 Å². The molecule has 2 aliphatic rings. The van der Waals surface area contributed by atoms with E-state index < -0.39 is 0 Å². The molecule has 0 atom stereocenters. The van der Waals surface area contributed by atoms with Crippen LogP contribution in [0.5, 0.6) is 0 Å². The SMILES string of the molecule is CC(C)(C)c1ccc(-c2cc3c4c(c2)c2c(C(C)(C)C)cc(C(C)(C)C)cc2n4-c2cc(-c4nc(-c5cc(C(C)(C)C)cc(C(C)(C)C)c5)cc(-c5cc(C(C)(C)C)cc(C(C)(C)C)c5)n4)cc4c2B3c2cc(-c3ccc(C(C)(C)C)cc3)cc3c5c(C(C)(C)C)cc(C(C)(C)C)cc5n-4c23)cc1. The first-order chi connectivity index (χ1) is 47.3. The van der Waals surface area contributed by atoms with Gasteiger partial charge >= 0.3 is 0 Å². The number of rotatable bonds is 5. The summed E-state index contributed by atoms with van der Waals surface area (Å²) in [5.74, 6) is 0.705. The summed E-state index contributed by atoms with van der Waals surface area (Å²) >= 11 is 0. The molecular formula is C98H115BN4. The van der Waals surface area contributed by atoms with E-state index in [9.17, 15) is 0 Å². The quantitative estimate of drug-likeness (QED) is 0.161. The smallest absolute Gasteiger partial charge is 0.252 e. The summed E-state index contributed by atoms with van der Waals surface area (Å²) in [7, 11) is 0. The Morgan fingerprint density at radius 2 is 0.553 bits per heavy atom. The van der Waals surface area contributed by atoms with Crippen LogP contribution in [-0.4, -0.2) is 25.8 Å². The van der Waals surface area contributed by atoms with E-state index in [1.807, 2.05) is 0 Å². The van der Waals surface area contributed by atoms with Crippen molar-refractivity contribution in [2.75, 3.05) is 0 Å². The maximum Gasteiger partial charge on any atom is 0.252 e. The van der Waals surface area contributed by atoms with E-state index >= 15 is 0 Å². The van der Waals surface area contributed by atoms with Gasteiger partial charge in [-0.15, -0.1) is 0 Å². The largest absolute Gasteiger partial charge is 0.310 e. The normalized spacial score (nSPS) is 14.1. The molecule has 9 aromatic carbocycles. The van der Waals surface area contributed by atoms with Gasteiger partial charge in [-0.1, -0.05) is 293 Å². The van der Waals surface area contributed by atoms with Crippen LogP contribution in [-0.2, 0) is 54.1 Å². The van der Waals surface area contributed by atoms with E-state index in [4.69, 9.17) is 9.97 Å². The van der Waals surface area contributed by atoms with Crippen LogP contribution in [0.4, 0.5) is 0 Å². The van der Waals surface area contributed by atoms with Crippen molar-refractivity contribution in [3.05, 3.63) is 207 Å². The Kier molecular flexibility index (Phi) is 16.1.